The summed E-state index contributed by atoms with van der Waals surface area (Å²) in [5, 5.41) is 2.91. The Morgan fingerprint density at radius 3 is 2.44 bits per heavy atom. The van der Waals surface area contributed by atoms with Gasteiger partial charge in [-0.1, -0.05) is 0 Å². The molecule has 7 heteroatoms. The number of thioether (sulfide) groups is 1. The van der Waals surface area contributed by atoms with E-state index >= 15 is 0 Å². The Kier molecular flexibility index (Phi) is 7.53. The Morgan fingerprint density at radius 1 is 1.16 bits per heavy atom. The maximum Gasteiger partial charge on any atom is 0.224 e. The normalized spacial score (nSPS) is 10.4. The molecule has 136 valence electrons. The second-order valence-electron chi connectivity index (χ2n) is 5.19. The summed E-state index contributed by atoms with van der Waals surface area (Å²) in [6, 6.07) is 7.38. The number of hydrogen-bond acceptors (Lipinski definition) is 6. The van der Waals surface area contributed by atoms with Crippen LogP contribution in [0.5, 0.6) is 17.2 Å². The van der Waals surface area contributed by atoms with Crippen molar-refractivity contribution < 1.29 is 23.4 Å². The smallest absolute Gasteiger partial charge is 0.224 e. The highest BCUT2D eigenvalue weighted by molar-refractivity contribution is 7.98. The number of benzene rings is 1. The van der Waals surface area contributed by atoms with Gasteiger partial charge < -0.3 is 23.9 Å². The van der Waals surface area contributed by atoms with Crippen molar-refractivity contribution in [1.29, 1.82) is 0 Å². The minimum absolute atomic E-state index is 0.0483. The monoisotopic (exact) mass is 365 g/mol. The summed E-state index contributed by atoms with van der Waals surface area (Å²) in [4.78, 5) is 12.1. The highest BCUT2D eigenvalue weighted by atomic mass is 32.2. The molecule has 1 N–H and O–H groups in total. The SMILES string of the molecule is COc1cc(CC(=O)NCCSCc2ccco2)cc(OC)c1OC. The van der Waals surface area contributed by atoms with E-state index in [0.717, 1.165) is 22.8 Å². The molecule has 0 fully saturated rings. The molecule has 0 aliphatic heterocycles. The molecule has 1 amide bonds. The standard InChI is InChI=1S/C18H23NO5S/c1-21-15-9-13(10-16(22-2)18(15)23-3)11-17(20)19-6-8-25-12-14-5-4-7-24-14/h4-5,7,9-10H,6,8,11-12H2,1-3H3,(H,19,20). The topological polar surface area (TPSA) is 69.9 Å². The van der Waals surface area contributed by atoms with Crippen molar-refractivity contribution >= 4 is 17.7 Å². The molecule has 0 atom stereocenters. The molecule has 0 bridgehead atoms. The van der Waals surface area contributed by atoms with Gasteiger partial charge in [0.1, 0.15) is 5.76 Å². The number of nitrogens with one attached hydrogen (secondary N) is 1. The first-order chi connectivity index (χ1) is 12.2. The van der Waals surface area contributed by atoms with Gasteiger partial charge in [-0.3, -0.25) is 4.79 Å². The predicted octanol–water partition coefficient (Wildman–Crippen LogP) is 2.90. The molecule has 6 nitrogen and oxygen atoms in total. The van der Waals surface area contributed by atoms with Crippen LogP contribution >= 0.6 is 11.8 Å². The van der Waals surface area contributed by atoms with E-state index in [0.29, 0.717) is 23.8 Å². The van der Waals surface area contributed by atoms with Crippen LogP contribution in [0.25, 0.3) is 0 Å². The zero-order chi connectivity index (χ0) is 18.1. The summed E-state index contributed by atoms with van der Waals surface area (Å²) in [6.45, 7) is 0.606. The lowest BCUT2D eigenvalue weighted by atomic mass is 10.1. The van der Waals surface area contributed by atoms with Crippen molar-refractivity contribution in [3.05, 3.63) is 41.9 Å². The average molecular weight is 365 g/mol. The van der Waals surface area contributed by atoms with E-state index in [1.54, 1.807) is 51.5 Å². The Bertz CT molecular complexity index is 647. The predicted molar refractivity (Wildman–Crippen MR) is 97.7 cm³/mol. The minimum atomic E-state index is -0.0483. The van der Waals surface area contributed by atoms with Gasteiger partial charge in [-0.05, 0) is 29.8 Å². The van der Waals surface area contributed by atoms with Crippen molar-refractivity contribution in [2.75, 3.05) is 33.6 Å². The van der Waals surface area contributed by atoms with Crippen LogP contribution in [0.3, 0.4) is 0 Å². The van der Waals surface area contributed by atoms with Crippen LogP contribution in [0, 0.1) is 0 Å². The Morgan fingerprint density at radius 2 is 1.88 bits per heavy atom. The fraction of sp³-hybridized carbons (Fsp3) is 0.389. The number of methoxy groups -OCH3 is 3. The second-order valence-corrected chi connectivity index (χ2v) is 6.30. The lowest BCUT2D eigenvalue weighted by Gasteiger charge is -2.14. The molecule has 0 aliphatic rings. The van der Waals surface area contributed by atoms with E-state index in [9.17, 15) is 4.79 Å². The largest absolute Gasteiger partial charge is 0.493 e. The van der Waals surface area contributed by atoms with Crippen LogP contribution in [0.2, 0.25) is 0 Å². The Labute approximate surface area is 151 Å². The molecule has 0 radical (unpaired) electrons. The van der Waals surface area contributed by atoms with E-state index < -0.39 is 0 Å². The molecule has 1 heterocycles. The van der Waals surface area contributed by atoms with Crippen LogP contribution in [-0.2, 0) is 17.0 Å². The van der Waals surface area contributed by atoms with Crippen molar-refractivity contribution in [3.8, 4) is 17.2 Å². The quantitative estimate of drug-likeness (QED) is 0.653. The number of rotatable bonds is 10. The van der Waals surface area contributed by atoms with Gasteiger partial charge >= 0.3 is 0 Å². The van der Waals surface area contributed by atoms with Crippen LogP contribution < -0.4 is 19.5 Å². The van der Waals surface area contributed by atoms with E-state index in [-0.39, 0.29) is 12.3 Å². The average Bonchev–Trinajstić information content (AvgIpc) is 3.13. The molecule has 1 aromatic heterocycles. The van der Waals surface area contributed by atoms with E-state index in [1.165, 1.54) is 0 Å². The van der Waals surface area contributed by atoms with Gasteiger partial charge in [0.25, 0.3) is 0 Å². The van der Waals surface area contributed by atoms with E-state index in [1.807, 2.05) is 12.1 Å². The summed E-state index contributed by atoms with van der Waals surface area (Å²) in [6.07, 6.45) is 1.91. The molecule has 1 aromatic carbocycles. The third kappa shape index (κ3) is 5.63. The summed E-state index contributed by atoms with van der Waals surface area (Å²) >= 11 is 1.71. The maximum absolute atomic E-state index is 12.1. The zero-order valence-corrected chi connectivity index (χ0v) is 15.5. The molecule has 25 heavy (non-hydrogen) atoms. The molecular weight excluding hydrogens is 342 g/mol. The number of ether oxygens (including phenoxy) is 3. The van der Waals surface area contributed by atoms with Gasteiger partial charge in [0, 0.05) is 12.3 Å². The fourth-order valence-corrected chi connectivity index (χ4v) is 3.07. The molecule has 0 saturated heterocycles. The van der Waals surface area contributed by atoms with Gasteiger partial charge in [0.2, 0.25) is 11.7 Å². The second kappa shape index (κ2) is 9.88. The van der Waals surface area contributed by atoms with Crippen molar-refractivity contribution in [2.45, 2.75) is 12.2 Å². The molecule has 0 aliphatic carbocycles. The van der Waals surface area contributed by atoms with Crippen molar-refractivity contribution in [1.82, 2.24) is 5.32 Å². The maximum atomic E-state index is 12.1. The third-order valence-corrected chi connectivity index (χ3v) is 4.46. The lowest BCUT2D eigenvalue weighted by Crippen LogP contribution is -2.27. The van der Waals surface area contributed by atoms with Gasteiger partial charge in [-0.25, -0.2) is 0 Å². The summed E-state index contributed by atoms with van der Waals surface area (Å²) < 4.78 is 21.1. The van der Waals surface area contributed by atoms with Crippen molar-refractivity contribution in [2.24, 2.45) is 0 Å². The highest BCUT2D eigenvalue weighted by Crippen LogP contribution is 2.38. The highest BCUT2D eigenvalue weighted by Gasteiger charge is 2.14. The fourth-order valence-electron chi connectivity index (χ4n) is 2.32. The van der Waals surface area contributed by atoms with Crippen LogP contribution in [0.1, 0.15) is 11.3 Å². The summed E-state index contributed by atoms with van der Waals surface area (Å²) in [5.41, 5.74) is 0.801. The van der Waals surface area contributed by atoms with Gasteiger partial charge in [-0.2, -0.15) is 11.8 Å². The molecule has 2 rings (SSSR count). The third-order valence-electron chi connectivity index (χ3n) is 3.48. The van der Waals surface area contributed by atoms with Gasteiger partial charge in [0.05, 0.1) is 39.8 Å². The first-order valence-corrected chi connectivity index (χ1v) is 8.99. The number of carbonyl (C=O) groups excluding carboxylic acids is 1. The first-order valence-electron chi connectivity index (χ1n) is 7.83. The Hall–Kier alpha value is -2.28. The van der Waals surface area contributed by atoms with Crippen LogP contribution in [0.4, 0.5) is 0 Å². The van der Waals surface area contributed by atoms with Crippen LogP contribution in [0.15, 0.2) is 34.9 Å². The molecule has 0 unspecified atom stereocenters. The molecule has 0 spiro atoms. The number of amides is 1. The molecule has 2 aromatic rings. The summed E-state index contributed by atoms with van der Waals surface area (Å²) in [7, 11) is 4.65. The number of carbonyl (C=O) groups is 1. The molecular formula is C18H23NO5S. The van der Waals surface area contributed by atoms with Gasteiger partial charge in [0.15, 0.2) is 11.5 Å². The number of furan rings is 1. The number of hydrogen-bond donors (Lipinski definition) is 1. The van der Waals surface area contributed by atoms with Crippen molar-refractivity contribution in [3.63, 3.8) is 0 Å². The lowest BCUT2D eigenvalue weighted by molar-refractivity contribution is -0.120. The van der Waals surface area contributed by atoms with Gasteiger partial charge in [-0.15, -0.1) is 0 Å². The minimum Gasteiger partial charge on any atom is -0.493 e. The Balaban J connectivity index is 1.81. The first kappa shape index (κ1) is 19.1. The van der Waals surface area contributed by atoms with E-state index in [2.05, 4.69) is 5.32 Å². The van der Waals surface area contributed by atoms with Crippen LogP contribution in [-0.4, -0.2) is 39.5 Å². The summed E-state index contributed by atoms with van der Waals surface area (Å²) in [5.74, 6) is 4.11. The zero-order valence-electron chi connectivity index (χ0n) is 14.7. The molecule has 0 saturated carbocycles. The van der Waals surface area contributed by atoms with E-state index in [4.69, 9.17) is 18.6 Å².